The van der Waals surface area contributed by atoms with Crippen LogP contribution in [0.5, 0.6) is 0 Å². The van der Waals surface area contributed by atoms with E-state index in [0.717, 1.165) is 25.8 Å². The Kier molecular flexibility index (Phi) is 5.13. The molecule has 2 aliphatic heterocycles. The van der Waals surface area contributed by atoms with E-state index < -0.39 is 10.2 Å². The number of rotatable bonds is 6. The Morgan fingerprint density at radius 2 is 1.81 bits per heavy atom. The van der Waals surface area contributed by atoms with Gasteiger partial charge >= 0.3 is 0 Å². The molecular formula is C13H26N4O3S. The summed E-state index contributed by atoms with van der Waals surface area (Å²) in [7, 11) is -3.45. The van der Waals surface area contributed by atoms with Gasteiger partial charge in [-0.3, -0.25) is 0 Å². The summed E-state index contributed by atoms with van der Waals surface area (Å²) in [6, 6.07) is 0.696. The van der Waals surface area contributed by atoms with Crippen molar-refractivity contribution in [2.45, 2.75) is 44.2 Å². The maximum absolute atomic E-state index is 12.6. The summed E-state index contributed by atoms with van der Waals surface area (Å²) in [6.07, 6.45) is 5.46. The van der Waals surface area contributed by atoms with Gasteiger partial charge in [0.25, 0.3) is 10.2 Å². The van der Waals surface area contributed by atoms with E-state index in [1.165, 1.54) is 12.8 Å². The number of ether oxygens (including phenoxy) is 1. The first-order valence-corrected chi connectivity index (χ1v) is 9.44. The first-order chi connectivity index (χ1) is 10.1. The molecule has 1 aliphatic carbocycles. The van der Waals surface area contributed by atoms with Crippen molar-refractivity contribution in [3.05, 3.63) is 0 Å². The van der Waals surface area contributed by atoms with Crippen LogP contribution in [-0.2, 0) is 14.9 Å². The summed E-state index contributed by atoms with van der Waals surface area (Å²) < 4.78 is 32.2. The Morgan fingerprint density at radius 1 is 1.05 bits per heavy atom. The molecular weight excluding hydrogens is 292 g/mol. The zero-order valence-corrected chi connectivity index (χ0v) is 13.3. The number of nitrogens with zero attached hydrogens (tertiary/aromatic N) is 2. The SMILES string of the molecule is O=S(=O)(NN1CCOCC1)N1CCCCC1CNC1CC1. The zero-order chi connectivity index (χ0) is 14.7. The van der Waals surface area contributed by atoms with Gasteiger partial charge in [-0.05, 0) is 25.7 Å². The molecule has 7 nitrogen and oxygen atoms in total. The fourth-order valence-electron chi connectivity index (χ4n) is 2.95. The summed E-state index contributed by atoms with van der Waals surface area (Å²) in [6.45, 7) is 3.77. The van der Waals surface area contributed by atoms with Gasteiger partial charge in [0.05, 0.1) is 13.2 Å². The third-order valence-corrected chi connectivity index (χ3v) is 5.94. The lowest BCUT2D eigenvalue weighted by Gasteiger charge is -2.37. The van der Waals surface area contributed by atoms with Crippen LogP contribution in [0.25, 0.3) is 0 Å². The van der Waals surface area contributed by atoms with Crippen LogP contribution in [0, 0.1) is 0 Å². The molecule has 1 unspecified atom stereocenters. The third kappa shape index (κ3) is 4.37. The molecule has 0 aromatic rings. The van der Waals surface area contributed by atoms with Crippen molar-refractivity contribution >= 4 is 10.2 Å². The minimum atomic E-state index is -3.45. The number of piperidine rings is 1. The van der Waals surface area contributed by atoms with E-state index in [1.807, 2.05) is 0 Å². The molecule has 0 radical (unpaired) electrons. The van der Waals surface area contributed by atoms with Gasteiger partial charge < -0.3 is 10.1 Å². The van der Waals surface area contributed by atoms with Crippen molar-refractivity contribution in [1.82, 2.24) is 19.5 Å². The lowest BCUT2D eigenvalue weighted by Crippen LogP contribution is -2.57. The Labute approximate surface area is 127 Å². The molecule has 2 saturated heterocycles. The number of hydrogen-bond acceptors (Lipinski definition) is 5. The number of morpholine rings is 1. The number of hydrogen-bond donors (Lipinski definition) is 2. The maximum Gasteiger partial charge on any atom is 0.292 e. The lowest BCUT2D eigenvalue weighted by molar-refractivity contribution is 0.0256. The molecule has 0 aromatic heterocycles. The number of nitrogens with one attached hydrogen (secondary N) is 2. The van der Waals surface area contributed by atoms with Crippen LogP contribution in [0.3, 0.4) is 0 Å². The largest absolute Gasteiger partial charge is 0.379 e. The molecule has 2 heterocycles. The van der Waals surface area contributed by atoms with E-state index in [2.05, 4.69) is 10.1 Å². The van der Waals surface area contributed by atoms with Crippen molar-refractivity contribution in [1.29, 1.82) is 0 Å². The standard InChI is InChI=1S/C13H26N4O3S/c18-21(19,15-16-7-9-20-10-8-16)17-6-2-1-3-13(17)11-14-12-4-5-12/h12-15H,1-11H2. The Balaban J connectivity index is 1.59. The molecule has 2 N–H and O–H groups in total. The number of hydrazine groups is 1. The minimum absolute atomic E-state index is 0.0814. The van der Waals surface area contributed by atoms with E-state index in [-0.39, 0.29) is 6.04 Å². The molecule has 21 heavy (non-hydrogen) atoms. The van der Waals surface area contributed by atoms with Gasteiger partial charge in [0.15, 0.2) is 0 Å². The van der Waals surface area contributed by atoms with Crippen molar-refractivity contribution < 1.29 is 13.2 Å². The molecule has 0 bridgehead atoms. The summed E-state index contributed by atoms with van der Waals surface area (Å²) in [4.78, 5) is 2.72. The van der Waals surface area contributed by atoms with E-state index in [9.17, 15) is 8.42 Å². The third-order valence-electron chi connectivity index (χ3n) is 4.36. The highest BCUT2D eigenvalue weighted by molar-refractivity contribution is 7.87. The topological polar surface area (TPSA) is 73.9 Å². The second-order valence-electron chi connectivity index (χ2n) is 6.14. The molecule has 1 atom stereocenters. The molecule has 8 heteroatoms. The summed E-state index contributed by atoms with van der Waals surface area (Å²) in [5.74, 6) is 0. The van der Waals surface area contributed by atoms with Gasteiger partial charge in [0.2, 0.25) is 0 Å². The Hall–Kier alpha value is -0.250. The normalized spacial score (nSPS) is 29.6. The second-order valence-corrected chi connectivity index (χ2v) is 7.74. The van der Waals surface area contributed by atoms with Gasteiger partial charge in [-0.1, -0.05) is 6.42 Å². The van der Waals surface area contributed by atoms with Crippen LogP contribution in [-0.4, -0.2) is 69.2 Å². The predicted molar refractivity (Wildman–Crippen MR) is 79.8 cm³/mol. The maximum atomic E-state index is 12.6. The Bertz CT molecular complexity index is 435. The van der Waals surface area contributed by atoms with Crippen LogP contribution >= 0.6 is 0 Å². The fourth-order valence-corrected chi connectivity index (χ4v) is 4.51. The monoisotopic (exact) mass is 318 g/mol. The first kappa shape index (κ1) is 15.6. The van der Waals surface area contributed by atoms with Crippen LogP contribution in [0.15, 0.2) is 0 Å². The molecule has 3 fully saturated rings. The van der Waals surface area contributed by atoms with Crippen molar-refractivity contribution in [3.8, 4) is 0 Å². The lowest BCUT2D eigenvalue weighted by atomic mass is 10.1. The molecule has 3 aliphatic rings. The molecule has 0 aromatic carbocycles. The molecule has 3 rings (SSSR count). The smallest absolute Gasteiger partial charge is 0.292 e. The van der Waals surface area contributed by atoms with Crippen LogP contribution in [0.2, 0.25) is 0 Å². The average Bonchev–Trinajstić information content (AvgIpc) is 3.30. The van der Waals surface area contributed by atoms with E-state index in [4.69, 9.17) is 4.74 Å². The zero-order valence-electron chi connectivity index (χ0n) is 12.5. The summed E-state index contributed by atoms with van der Waals surface area (Å²) in [5.41, 5.74) is 0. The second kappa shape index (κ2) is 6.89. The fraction of sp³-hybridized carbons (Fsp3) is 1.00. The quantitative estimate of drug-likeness (QED) is 0.702. The minimum Gasteiger partial charge on any atom is -0.379 e. The van der Waals surface area contributed by atoms with E-state index >= 15 is 0 Å². The highest BCUT2D eigenvalue weighted by atomic mass is 32.2. The van der Waals surface area contributed by atoms with E-state index in [1.54, 1.807) is 9.31 Å². The summed E-state index contributed by atoms with van der Waals surface area (Å²) in [5, 5.41) is 5.21. The summed E-state index contributed by atoms with van der Waals surface area (Å²) >= 11 is 0. The highest BCUT2D eigenvalue weighted by Gasteiger charge is 2.34. The average molecular weight is 318 g/mol. The van der Waals surface area contributed by atoms with E-state index in [0.29, 0.717) is 38.9 Å². The van der Waals surface area contributed by atoms with Crippen molar-refractivity contribution in [3.63, 3.8) is 0 Å². The van der Waals surface area contributed by atoms with Gasteiger partial charge in [-0.2, -0.15) is 12.7 Å². The molecule has 1 saturated carbocycles. The van der Waals surface area contributed by atoms with Crippen molar-refractivity contribution in [2.24, 2.45) is 0 Å². The van der Waals surface area contributed by atoms with Gasteiger partial charge in [-0.15, -0.1) is 4.83 Å². The van der Waals surface area contributed by atoms with Gasteiger partial charge in [0, 0.05) is 38.3 Å². The van der Waals surface area contributed by atoms with Crippen LogP contribution in [0.1, 0.15) is 32.1 Å². The molecule has 0 spiro atoms. The molecule has 122 valence electrons. The predicted octanol–water partition coefficient (Wildman–Crippen LogP) is -0.325. The van der Waals surface area contributed by atoms with Crippen LogP contribution < -0.4 is 10.1 Å². The first-order valence-electron chi connectivity index (χ1n) is 8.00. The van der Waals surface area contributed by atoms with Gasteiger partial charge in [0.1, 0.15) is 0 Å². The Morgan fingerprint density at radius 3 is 2.52 bits per heavy atom. The van der Waals surface area contributed by atoms with Gasteiger partial charge in [-0.25, -0.2) is 5.01 Å². The van der Waals surface area contributed by atoms with Crippen molar-refractivity contribution in [2.75, 3.05) is 39.4 Å². The van der Waals surface area contributed by atoms with Crippen LogP contribution in [0.4, 0.5) is 0 Å². The highest BCUT2D eigenvalue weighted by Crippen LogP contribution is 2.22. The molecule has 0 amide bonds.